The van der Waals surface area contributed by atoms with Gasteiger partial charge in [-0.3, -0.25) is 0 Å². The van der Waals surface area contributed by atoms with Gasteiger partial charge in [-0.1, -0.05) is 24.3 Å². The molecule has 0 atom stereocenters. The van der Waals surface area contributed by atoms with Crippen LogP contribution >= 0.6 is 0 Å². The molecule has 1 heterocycles. The van der Waals surface area contributed by atoms with Crippen LogP contribution in [0.1, 0.15) is 25.5 Å². The zero-order valence-corrected chi connectivity index (χ0v) is 11.4. The Balaban J connectivity index is 2.40. The first-order valence-electron chi connectivity index (χ1n) is 6.48. The van der Waals surface area contributed by atoms with E-state index < -0.39 is 0 Å². The van der Waals surface area contributed by atoms with Crippen molar-refractivity contribution < 1.29 is 0 Å². The van der Waals surface area contributed by atoms with Gasteiger partial charge in [-0.05, 0) is 39.4 Å². The molecule has 0 amide bonds. The van der Waals surface area contributed by atoms with Crippen LogP contribution in [0, 0.1) is 0 Å². The van der Waals surface area contributed by atoms with E-state index in [0.29, 0.717) is 6.04 Å². The number of nitrogens with one attached hydrogen (secondary N) is 1. The van der Waals surface area contributed by atoms with E-state index in [1.54, 1.807) is 0 Å². The topological polar surface area (TPSA) is 29.9 Å². The lowest BCUT2D eigenvalue weighted by atomic mass is 10.0. The number of likely N-dealkylation sites (N-methyl/N-ethyl adjacent to an activating group) is 1. The van der Waals surface area contributed by atoms with Crippen molar-refractivity contribution in [3.8, 4) is 11.3 Å². The van der Waals surface area contributed by atoms with Crippen LogP contribution in [0.15, 0.2) is 36.8 Å². The molecule has 0 unspecified atom stereocenters. The SMILES string of the molecule is CNCCc1ccccc1-c1cncn1C(C)C. The predicted octanol–water partition coefficient (Wildman–Crippen LogP) is 2.89. The third-order valence-electron chi connectivity index (χ3n) is 3.16. The van der Waals surface area contributed by atoms with Crippen molar-refractivity contribution >= 4 is 0 Å². The van der Waals surface area contributed by atoms with Gasteiger partial charge < -0.3 is 9.88 Å². The van der Waals surface area contributed by atoms with Gasteiger partial charge >= 0.3 is 0 Å². The zero-order chi connectivity index (χ0) is 13.0. The van der Waals surface area contributed by atoms with Gasteiger partial charge in [-0.15, -0.1) is 0 Å². The number of nitrogens with zero attached hydrogens (tertiary/aromatic N) is 2. The summed E-state index contributed by atoms with van der Waals surface area (Å²) in [6, 6.07) is 9.01. The summed E-state index contributed by atoms with van der Waals surface area (Å²) in [7, 11) is 1.99. The van der Waals surface area contributed by atoms with Crippen molar-refractivity contribution in [2.45, 2.75) is 26.3 Å². The van der Waals surface area contributed by atoms with Crippen LogP contribution in [0.4, 0.5) is 0 Å². The molecule has 0 radical (unpaired) electrons. The summed E-state index contributed by atoms with van der Waals surface area (Å²) >= 11 is 0. The Kier molecular flexibility index (Phi) is 4.15. The highest BCUT2D eigenvalue weighted by molar-refractivity contribution is 5.63. The van der Waals surface area contributed by atoms with Crippen molar-refractivity contribution in [3.63, 3.8) is 0 Å². The van der Waals surface area contributed by atoms with Gasteiger partial charge in [0.15, 0.2) is 0 Å². The summed E-state index contributed by atoms with van der Waals surface area (Å²) in [5, 5.41) is 3.20. The van der Waals surface area contributed by atoms with Gasteiger partial charge in [-0.2, -0.15) is 0 Å². The first kappa shape index (κ1) is 12.8. The molecule has 1 aromatic carbocycles. The van der Waals surface area contributed by atoms with Crippen molar-refractivity contribution in [1.82, 2.24) is 14.9 Å². The Labute approximate surface area is 109 Å². The second-order valence-electron chi connectivity index (χ2n) is 4.79. The third-order valence-corrected chi connectivity index (χ3v) is 3.16. The third kappa shape index (κ3) is 2.62. The van der Waals surface area contributed by atoms with E-state index in [1.165, 1.54) is 16.8 Å². The highest BCUT2D eigenvalue weighted by Crippen LogP contribution is 2.26. The van der Waals surface area contributed by atoms with Crippen molar-refractivity contribution in [2.24, 2.45) is 0 Å². The van der Waals surface area contributed by atoms with Crippen LogP contribution in [0.25, 0.3) is 11.3 Å². The average molecular weight is 243 g/mol. The molecule has 0 aliphatic carbocycles. The normalized spacial score (nSPS) is 11.1. The first-order valence-corrected chi connectivity index (χ1v) is 6.48. The van der Waals surface area contributed by atoms with Crippen molar-refractivity contribution in [3.05, 3.63) is 42.4 Å². The highest BCUT2D eigenvalue weighted by Gasteiger charge is 2.10. The van der Waals surface area contributed by atoms with Crippen LogP contribution in [0.2, 0.25) is 0 Å². The Morgan fingerprint density at radius 1 is 1.28 bits per heavy atom. The monoisotopic (exact) mass is 243 g/mol. The van der Waals surface area contributed by atoms with Crippen molar-refractivity contribution in [2.75, 3.05) is 13.6 Å². The van der Waals surface area contributed by atoms with Gasteiger partial charge in [0.2, 0.25) is 0 Å². The van der Waals surface area contributed by atoms with E-state index in [2.05, 4.69) is 53.0 Å². The van der Waals surface area contributed by atoms with Crippen LogP contribution in [-0.4, -0.2) is 23.1 Å². The summed E-state index contributed by atoms with van der Waals surface area (Å²) in [6.45, 7) is 5.36. The number of aromatic nitrogens is 2. The molecule has 0 saturated heterocycles. The highest BCUT2D eigenvalue weighted by atomic mass is 15.1. The van der Waals surface area contributed by atoms with E-state index in [1.807, 2.05) is 19.6 Å². The number of hydrogen-bond donors (Lipinski definition) is 1. The second kappa shape index (κ2) is 5.83. The Morgan fingerprint density at radius 3 is 2.78 bits per heavy atom. The molecule has 2 rings (SSSR count). The average Bonchev–Trinajstić information content (AvgIpc) is 2.86. The minimum Gasteiger partial charge on any atom is -0.328 e. The molecule has 18 heavy (non-hydrogen) atoms. The molecule has 0 bridgehead atoms. The van der Waals surface area contributed by atoms with Gasteiger partial charge in [0.25, 0.3) is 0 Å². The minimum absolute atomic E-state index is 0.430. The van der Waals surface area contributed by atoms with E-state index in [9.17, 15) is 0 Å². The maximum absolute atomic E-state index is 4.29. The summed E-state index contributed by atoms with van der Waals surface area (Å²) in [5.41, 5.74) is 3.87. The number of benzene rings is 1. The van der Waals surface area contributed by atoms with Gasteiger partial charge in [-0.25, -0.2) is 4.98 Å². The number of rotatable bonds is 5. The number of imidazole rings is 1. The lowest BCUT2D eigenvalue weighted by molar-refractivity contribution is 0.605. The van der Waals surface area contributed by atoms with Crippen LogP contribution in [0.3, 0.4) is 0 Å². The molecule has 0 fully saturated rings. The quantitative estimate of drug-likeness (QED) is 0.875. The fourth-order valence-corrected chi connectivity index (χ4v) is 2.17. The predicted molar refractivity (Wildman–Crippen MR) is 75.7 cm³/mol. The first-order chi connectivity index (χ1) is 8.74. The molecule has 2 aromatic rings. The Hall–Kier alpha value is -1.61. The van der Waals surface area contributed by atoms with Crippen LogP contribution < -0.4 is 5.32 Å². The standard InChI is InChI=1S/C15H21N3/c1-12(2)18-11-17-10-15(18)14-7-5-4-6-13(14)8-9-16-3/h4-7,10-12,16H,8-9H2,1-3H3. The lowest BCUT2D eigenvalue weighted by Crippen LogP contribution is -2.11. The summed E-state index contributed by atoms with van der Waals surface area (Å²) in [5.74, 6) is 0. The van der Waals surface area contributed by atoms with E-state index in [4.69, 9.17) is 0 Å². The minimum atomic E-state index is 0.430. The van der Waals surface area contributed by atoms with E-state index in [-0.39, 0.29) is 0 Å². The smallest absolute Gasteiger partial charge is 0.0953 e. The largest absolute Gasteiger partial charge is 0.328 e. The number of hydrogen-bond acceptors (Lipinski definition) is 2. The fourth-order valence-electron chi connectivity index (χ4n) is 2.17. The van der Waals surface area contributed by atoms with E-state index >= 15 is 0 Å². The van der Waals surface area contributed by atoms with Gasteiger partial charge in [0.05, 0.1) is 18.2 Å². The van der Waals surface area contributed by atoms with Gasteiger partial charge in [0.1, 0.15) is 0 Å². The maximum Gasteiger partial charge on any atom is 0.0953 e. The summed E-state index contributed by atoms with van der Waals surface area (Å²) in [6.07, 6.45) is 4.91. The molecule has 3 heteroatoms. The fraction of sp³-hybridized carbons (Fsp3) is 0.400. The molecule has 1 aromatic heterocycles. The van der Waals surface area contributed by atoms with E-state index in [0.717, 1.165) is 13.0 Å². The molecule has 0 aliphatic rings. The second-order valence-corrected chi connectivity index (χ2v) is 4.79. The summed E-state index contributed by atoms with van der Waals surface area (Å²) in [4.78, 5) is 4.29. The molecule has 3 nitrogen and oxygen atoms in total. The van der Waals surface area contributed by atoms with Gasteiger partial charge in [0, 0.05) is 11.6 Å². The Bertz CT molecular complexity index is 500. The van der Waals surface area contributed by atoms with Crippen molar-refractivity contribution in [1.29, 1.82) is 0 Å². The molecular formula is C15H21N3. The lowest BCUT2D eigenvalue weighted by Gasteiger charge is -2.14. The molecule has 0 aliphatic heterocycles. The van der Waals surface area contributed by atoms with Crippen LogP contribution in [-0.2, 0) is 6.42 Å². The Morgan fingerprint density at radius 2 is 2.06 bits per heavy atom. The maximum atomic E-state index is 4.29. The molecule has 1 N–H and O–H groups in total. The molecule has 0 saturated carbocycles. The zero-order valence-electron chi connectivity index (χ0n) is 11.4. The summed E-state index contributed by atoms with van der Waals surface area (Å²) < 4.78 is 2.22. The molecule has 0 spiro atoms. The molecular weight excluding hydrogens is 222 g/mol. The molecule has 96 valence electrons. The van der Waals surface area contributed by atoms with Crippen LogP contribution in [0.5, 0.6) is 0 Å².